The number of para-hydroxylation sites is 1. The molecule has 3 aromatic rings. The van der Waals surface area contributed by atoms with Gasteiger partial charge >= 0.3 is 5.24 Å². The molecule has 0 atom stereocenters. The van der Waals surface area contributed by atoms with E-state index in [1.54, 1.807) is 0 Å². The first-order valence-corrected chi connectivity index (χ1v) is 7.78. The molecule has 3 rings (SSSR count). The minimum atomic E-state index is 0.116. The largest absolute Gasteiger partial charge is 0.456 e. The fourth-order valence-corrected chi connectivity index (χ4v) is 2.92. The third kappa shape index (κ3) is 3.77. The Hall–Kier alpha value is -1.98. The standard InChI is InChI=1S/C16H13NO2S2/c20-16(18-11-10-12-6-2-1-3-7-12)19-15-17-13-8-4-5-9-14(13)21-15/h1-9H,10-11H2. The van der Waals surface area contributed by atoms with Crippen LogP contribution in [0.2, 0.25) is 0 Å². The van der Waals surface area contributed by atoms with Crippen molar-refractivity contribution in [2.24, 2.45) is 0 Å². The molecular weight excluding hydrogens is 302 g/mol. The van der Waals surface area contributed by atoms with Gasteiger partial charge in [0.05, 0.1) is 16.8 Å². The lowest BCUT2D eigenvalue weighted by molar-refractivity contribution is 0.251. The molecule has 1 heterocycles. The highest BCUT2D eigenvalue weighted by atomic mass is 32.1. The van der Waals surface area contributed by atoms with Gasteiger partial charge < -0.3 is 9.47 Å². The molecular formula is C16H13NO2S2. The number of thiazole rings is 1. The van der Waals surface area contributed by atoms with E-state index in [-0.39, 0.29) is 5.24 Å². The number of thiocarbonyl (C=S) groups is 1. The van der Waals surface area contributed by atoms with Crippen molar-refractivity contribution in [3.8, 4) is 5.19 Å². The Balaban J connectivity index is 1.52. The van der Waals surface area contributed by atoms with Crippen LogP contribution in [0.25, 0.3) is 10.2 Å². The summed E-state index contributed by atoms with van der Waals surface area (Å²) in [6.45, 7) is 0.494. The van der Waals surface area contributed by atoms with Gasteiger partial charge in [-0.1, -0.05) is 53.8 Å². The quantitative estimate of drug-likeness (QED) is 0.675. The third-order valence-corrected chi connectivity index (χ3v) is 4.01. The molecule has 0 saturated carbocycles. The molecule has 5 heteroatoms. The Morgan fingerprint density at radius 3 is 2.62 bits per heavy atom. The molecule has 0 aliphatic carbocycles. The number of hydrogen-bond donors (Lipinski definition) is 0. The second-order valence-electron chi connectivity index (χ2n) is 4.38. The van der Waals surface area contributed by atoms with Crippen molar-refractivity contribution in [3.05, 3.63) is 60.2 Å². The molecule has 0 saturated heterocycles. The Kier molecular flexibility index (Phi) is 4.43. The molecule has 0 bridgehead atoms. The topological polar surface area (TPSA) is 31.4 Å². The zero-order valence-corrected chi connectivity index (χ0v) is 12.8. The number of hydrogen-bond acceptors (Lipinski definition) is 5. The monoisotopic (exact) mass is 315 g/mol. The van der Waals surface area contributed by atoms with Gasteiger partial charge in [-0.15, -0.1) is 0 Å². The fourth-order valence-electron chi connectivity index (χ4n) is 1.89. The van der Waals surface area contributed by atoms with Crippen LogP contribution in [0.5, 0.6) is 5.19 Å². The van der Waals surface area contributed by atoms with Crippen LogP contribution in [-0.4, -0.2) is 16.8 Å². The van der Waals surface area contributed by atoms with Gasteiger partial charge in [0.25, 0.3) is 5.19 Å². The van der Waals surface area contributed by atoms with E-state index in [0.717, 1.165) is 16.6 Å². The van der Waals surface area contributed by atoms with Crippen molar-refractivity contribution in [3.63, 3.8) is 0 Å². The van der Waals surface area contributed by atoms with Gasteiger partial charge in [0, 0.05) is 18.6 Å². The first kappa shape index (κ1) is 14.0. The number of nitrogens with zero attached hydrogens (tertiary/aromatic N) is 1. The van der Waals surface area contributed by atoms with Gasteiger partial charge in [0.15, 0.2) is 0 Å². The van der Waals surface area contributed by atoms with Gasteiger partial charge in [-0.05, 0) is 17.7 Å². The Bertz CT molecular complexity index is 707. The highest BCUT2D eigenvalue weighted by molar-refractivity contribution is 7.79. The lowest BCUT2D eigenvalue weighted by Crippen LogP contribution is -2.12. The van der Waals surface area contributed by atoms with E-state index in [1.165, 1.54) is 16.9 Å². The van der Waals surface area contributed by atoms with Crippen molar-refractivity contribution in [2.75, 3.05) is 6.61 Å². The summed E-state index contributed by atoms with van der Waals surface area (Å²) < 4.78 is 11.9. The molecule has 0 aliphatic rings. The highest BCUT2D eigenvalue weighted by Crippen LogP contribution is 2.27. The molecule has 0 fully saturated rings. The minimum Gasteiger partial charge on any atom is -0.456 e. The summed E-state index contributed by atoms with van der Waals surface area (Å²) in [5.41, 5.74) is 2.12. The molecule has 0 spiro atoms. The molecule has 0 aliphatic heterocycles. The van der Waals surface area contributed by atoms with E-state index in [9.17, 15) is 0 Å². The first-order chi connectivity index (χ1) is 10.3. The van der Waals surface area contributed by atoms with Crippen molar-refractivity contribution in [1.29, 1.82) is 0 Å². The van der Waals surface area contributed by atoms with Crippen LogP contribution in [0, 0.1) is 0 Å². The molecule has 3 nitrogen and oxygen atoms in total. The van der Waals surface area contributed by atoms with E-state index in [0.29, 0.717) is 11.8 Å². The maximum atomic E-state index is 5.45. The van der Waals surface area contributed by atoms with Crippen LogP contribution in [0.15, 0.2) is 54.6 Å². The zero-order valence-electron chi connectivity index (χ0n) is 11.2. The van der Waals surface area contributed by atoms with Gasteiger partial charge in [0.1, 0.15) is 0 Å². The minimum absolute atomic E-state index is 0.116. The SMILES string of the molecule is S=C(OCCc1ccccc1)Oc1nc2ccccc2s1. The van der Waals surface area contributed by atoms with Crippen LogP contribution in [-0.2, 0) is 11.2 Å². The van der Waals surface area contributed by atoms with Crippen molar-refractivity contribution in [2.45, 2.75) is 6.42 Å². The van der Waals surface area contributed by atoms with Gasteiger partial charge in [-0.25, -0.2) is 4.98 Å². The van der Waals surface area contributed by atoms with E-state index >= 15 is 0 Å². The summed E-state index contributed by atoms with van der Waals surface area (Å²) in [7, 11) is 0. The molecule has 0 amide bonds. The maximum Gasteiger partial charge on any atom is 0.359 e. The molecule has 2 aromatic carbocycles. The summed E-state index contributed by atoms with van der Waals surface area (Å²) >= 11 is 6.53. The summed E-state index contributed by atoms with van der Waals surface area (Å²) in [5.74, 6) is 0. The highest BCUT2D eigenvalue weighted by Gasteiger charge is 2.07. The van der Waals surface area contributed by atoms with E-state index in [4.69, 9.17) is 21.7 Å². The molecule has 0 radical (unpaired) electrons. The Morgan fingerprint density at radius 2 is 1.81 bits per heavy atom. The average molecular weight is 315 g/mol. The average Bonchev–Trinajstić information content (AvgIpc) is 2.90. The van der Waals surface area contributed by atoms with Crippen LogP contribution >= 0.6 is 23.6 Å². The number of aromatic nitrogens is 1. The fraction of sp³-hybridized carbons (Fsp3) is 0.125. The normalized spacial score (nSPS) is 10.5. The van der Waals surface area contributed by atoms with E-state index in [1.807, 2.05) is 42.5 Å². The summed E-state index contributed by atoms with van der Waals surface area (Å²) in [6.07, 6.45) is 0.796. The number of fused-ring (bicyclic) bond motifs is 1. The lowest BCUT2D eigenvalue weighted by Gasteiger charge is -2.06. The van der Waals surface area contributed by atoms with Crippen molar-refractivity contribution >= 4 is 39.0 Å². The number of benzene rings is 2. The number of ether oxygens (including phenoxy) is 2. The number of rotatable bonds is 4. The Morgan fingerprint density at radius 1 is 1.05 bits per heavy atom. The zero-order chi connectivity index (χ0) is 14.5. The van der Waals surface area contributed by atoms with Gasteiger partial charge in [-0.3, -0.25) is 0 Å². The van der Waals surface area contributed by atoms with Crippen LogP contribution in [0.4, 0.5) is 0 Å². The lowest BCUT2D eigenvalue weighted by atomic mass is 10.2. The first-order valence-electron chi connectivity index (χ1n) is 6.55. The van der Waals surface area contributed by atoms with Crippen molar-refractivity contribution < 1.29 is 9.47 Å². The molecule has 0 unspecified atom stereocenters. The summed E-state index contributed by atoms with van der Waals surface area (Å²) in [5, 5.41) is 0.630. The molecule has 106 valence electrons. The molecule has 1 aromatic heterocycles. The molecule has 21 heavy (non-hydrogen) atoms. The van der Waals surface area contributed by atoms with Gasteiger partial charge in [0.2, 0.25) is 0 Å². The second kappa shape index (κ2) is 6.65. The van der Waals surface area contributed by atoms with Crippen molar-refractivity contribution in [1.82, 2.24) is 4.98 Å². The van der Waals surface area contributed by atoms with E-state index in [2.05, 4.69) is 17.1 Å². The van der Waals surface area contributed by atoms with Crippen LogP contribution in [0.1, 0.15) is 5.56 Å². The van der Waals surface area contributed by atoms with Gasteiger partial charge in [-0.2, -0.15) is 0 Å². The summed E-state index contributed by atoms with van der Waals surface area (Å²) in [6, 6.07) is 18.0. The molecule has 0 N–H and O–H groups in total. The smallest absolute Gasteiger partial charge is 0.359 e. The van der Waals surface area contributed by atoms with Crippen LogP contribution in [0.3, 0.4) is 0 Å². The van der Waals surface area contributed by atoms with E-state index < -0.39 is 0 Å². The second-order valence-corrected chi connectivity index (χ2v) is 5.71. The predicted octanol–water partition coefficient (Wildman–Crippen LogP) is 4.22. The Labute approximate surface area is 132 Å². The third-order valence-electron chi connectivity index (χ3n) is 2.90. The summed E-state index contributed by atoms with van der Waals surface area (Å²) in [4.78, 5) is 4.35. The van der Waals surface area contributed by atoms with Crippen LogP contribution < -0.4 is 4.74 Å². The maximum absolute atomic E-state index is 5.45. The predicted molar refractivity (Wildman–Crippen MR) is 88.9 cm³/mol.